The van der Waals surface area contributed by atoms with Gasteiger partial charge in [-0.3, -0.25) is 9.69 Å². The SMILES string of the molecule is O=C(CCCN1C2CCC1c1c([nH]c3ccc(F)cc13)C2)c1ccccc1F. The van der Waals surface area contributed by atoms with Crippen LogP contribution in [0.2, 0.25) is 0 Å². The molecule has 144 valence electrons. The summed E-state index contributed by atoms with van der Waals surface area (Å²) in [5, 5.41) is 0.979. The maximum Gasteiger partial charge on any atom is 0.165 e. The average molecular weight is 380 g/mol. The number of nitrogens with one attached hydrogen (secondary N) is 1. The van der Waals surface area contributed by atoms with E-state index in [0.717, 1.165) is 36.7 Å². The Morgan fingerprint density at radius 2 is 2.00 bits per heavy atom. The predicted octanol–water partition coefficient (Wildman–Crippen LogP) is 5.17. The van der Waals surface area contributed by atoms with Crippen LogP contribution in [0.4, 0.5) is 8.78 Å². The van der Waals surface area contributed by atoms with E-state index in [1.165, 1.54) is 23.4 Å². The van der Waals surface area contributed by atoms with Crippen molar-refractivity contribution in [3.8, 4) is 0 Å². The summed E-state index contributed by atoms with van der Waals surface area (Å²) >= 11 is 0. The van der Waals surface area contributed by atoms with Gasteiger partial charge in [0.15, 0.2) is 5.78 Å². The first kappa shape index (κ1) is 17.6. The number of nitrogens with zero attached hydrogens (tertiary/aromatic N) is 1. The molecule has 0 spiro atoms. The minimum atomic E-state index is -0.448. The molecule has 1 N–H and O–H groups in total. The molecule has 2 atom stereocenters. The van der Waals surface area contributed by atoms with Gasteiger partial charge in [0.1, 0.15) is 11.6 Å². The molecule has 3 heterocycles. The smallest absolute Gasteiger partial charge is 0.165 e. The summed E-state index contributed by atoms with van der Waals surface area (Å²) in [5.41, 5.74) is 3.63. The second-order valence-corrected chi connectivity index (χ2v) is 7.90. The highest BCUT2D eigenvalue weighted by Gasteiger charge is 2.41. The standard InChI is InChI=1S/C23H22F2N2O/c24-14-7-9-19-17(12-14)23-20(26-19)13-15-8-10-21(23)27(15)11-3-6-22(28)16-4-1-2-5-18(16)25/h1-2,4-5,7,9,12,15,21,26H,3,6,8,10-11,13H2. The van der Waals surface area contributed by atoms with E-state index in [9.17, 15) is 13.6 Å². The Kier molecular flexibility index (Phi) is 4.27. The highest BCUT2D eigenvalue weighted by molar-refractivity contribution is 5.96. The molecule has 0 saturated carbocycles. The monoisotopic (exact) mass is 380 g/mol. The van der Waals surface area contributed by atoms with Crippen LogP contribution in [0.3, 0.4) is 0 Å². The number of rotatable bonds is 5. The number of Topliss-reactive ketones (excluding diaryl/α,β-unsaturated/α-hetero) is 1. The molecule has 1 saturated heterocycles. The van der Waals surface area contributed by atoms with Crippen LogP contribution < -0.4 is 0 Å². The highest BCUT2D eigenvalue weighted by atomic mass is 19.1. The van der Waals surface area contributed by atoms with Crippen molar-refractivity contribution >= 4 is 16.7 Å². The third kappa shape index (κ3) is 2.85. The van der Waals surface area contributed by atoms with Crippen LogP contribution in [-0.2, 0) is 6.42 Å². The van der Waals surface area contributed by atoms with Gasteiger partial charge >= 0.3 is 0 Å². The number of carbonyl (C=O) groups is 1. The van der Waals surface area contributed by atoms with Crippen LogP contribution in [0.5, 0.6) is 0 Å². The molecule has 2 unspecified atom stereocenters. The second-order valence-electron chi connectivity index (χ2n) is 7.90. The number of halogens is 2. The molecular formula is C23H22F2N2O. The molecule has 5 heteroatoms. The Hall–Kier alpha value is -2.53. The first-order valence-corrected chi connectivity index (χ1v) is 9.95. The van der Waals surface area contributed by atoms with Crippen LogP contribution in [0.15, 0.2) is 42.5 Å². The van der Waals surface area contributed by atoms with Crippen molar-refractivity contribution in [3.63, 3.8) is 0 Å². The topological polar surface area (TPSA) is 36.1 Å². The van der Waals surface area contributed by atoms with Gasteiger partial charge in [-0.15, -0.1) is 0 Å². The third-order valence-electron chi connectivity index (χ3n) is 6.29. The van der Waals surface area contributed by atoms with Crippen LogP contribution in [0, 0.1) is 11.6 Å². The van der Waals surface area contributed by atoms with Gasteiger partial charge in [0.2, 0.25) is 0 Å². The largest absolute Gasteiger partial charge is 0.358 e. The molecule has 2 bridgehead atoms. The van der Waals surface area contributed by atoms with Crippen molar-refractivity contribution in [2.24, 2.45) is 0 Å². The van der Waals surface area contributed by atoms with E-state index in [1.54, 1.807) is 24.3 Å². The molecule has 1 aromatic heterocycles. The fourth-order valence-corrected chi connectivity index (χ4v) is 5.07. The molecule has 3 aromatic rings. The summed E-state index contributed by atoms with van der Waals surface area (Å²) in [6, 6.07) is 11.8. The zero-order valence-corrected chi connectivity index (χ0v) is 15.6. The van der Waals surface area contributed by atoms with Gasteiger partial charge in [0, 0.05) is 41.5 Å². The van der Waals surface area contributed by atoms with E-state index in [0.29, 0.717) is 18.9 Å². The lowest BCUT2D eigenvalue weighted by Gasteiger charge is -2.35. The van der Waals surface area contributed by atoms with E-state index in [4.69, 9.17) is 0 Å². The quantitative estimate of drug-likeness (QED) is 0.620. The lowest BCUT2D eigenvalue weighted by molar-refractivity contribution is 0.0962. The van der Waals surface area contributed by atoms with Gasteiger partial charge in [-0.25, -0.2) is 8.78 Å². The number of benzene rings is 2. The Balaban J connectivity index is 1.32. The molecule has 2 aromatic carbocycles. The number of carbonyl (C=O) groups excluding carboxylic acids is 1. The summed E-state index contributed by atoms with van der Waals surface area (Å²) in [5.74, 6) is -0.801. The van der Waals surface area contributed by atoms with Crippen molar-refractivity contribution in [1.29, 1.82) is 0 Å². The number of ketones is 1. The third-order valence-corrected chi connectivity index (χ3v) is 6.29. The predicted molar refractivity (Wildman–Crippen MR) is 104 cm³/mol. The number of aromatic nitrogens is 1. The fraction of sp³-hybridized carbons (Fsp3) is 0.348. The Morgan fingerprint density at radius 1 is 1.14 bits per heavy atom. The molecule has 1 fully saturated rings. The van der Waals surface area contributed by atoms with Gasteiger partial charge in [0.25, 0.3) is 0 Å². The number of H-pyrrole nitrogens is 1. The summed E-state index contributed by atoms with van der Waals surface area (Å²) < 4.78 is 27.6. The highest BCUT2D eigenvalue weighted by Crippen LogP contribution is 2.46. The van der Waals surface area contributed by atoms with Gasteiger partial charge in [-0.2, -0.15) is 0 Å². The summed E-state index contributed by atoms with van der Waals surface area (Å²) in [4.78, 5) is 18.3. The molecule has 0 amide bonds. The molecular weight excluding hydrogens is 358 g/mol. The molecule has 2 aliphatic heterocycles. The van der Waals surface area contributed by atoms with E-state index < -0.39 is 5.82 Å². The van der Waals surface area contributed by atoms with Crippen molar-refractivity contribution in [3.05, 3.63) is 70.9 Å². The van der Waals surface area contributed by atoms with Crippen LogP contribution in [-0.4, -0.2) is 28.3 Å². The second kappa shape index (κ2) is 6.82. The lowest BCUT2D eigenvalue weighted by atomic mass is 9.96. The lowest BCUT2D eigenvalue weighted by Crippen LogP contribution is -2.38. The molecule has 0 aliphatic carbocycles. The summed E-state index contributed by atoms with van der Waals surface area (Å²) in [7, 11) is 0. The van der Waals surface area contributed by atoms with Crippen molar-refractivity contribution in [1.82, 2.24) is 9.88 Å². The van der Waals surface area contributed by atoms with Gasteiger partial charge in [0.05, 0.1) is 5.56 Å². The van der Waals surface area contributed by atoms with Crippen molar-refractivity contribution < 1.29 is 13.6 Å². The Morgan fingerprint density at radius 3 is 2.86 bits per heavy atom. The van der Waals surface area contributed by atoms with Crippen LogP contribution in [0.1, 0.15) is 53.3 Å². The normalized spacial score (nSPS) is 21.2. The number of aromatic amines is 1. The van der Waals surface area contributed by atoms with Gasteiger partial charge < -0.3 is 4.98 Å². The zero-order chi connectivity index (χ0) is 19.3. The number of hydrogen-bond acceptors (Lipinski definition) is 2. The van der Waals surface area contributed by atoms with Gasteiger partial charge in [-0.05, 0) is 61.7 Å². The Labute approximate surface area is 162 Å². The fourth-order valence-electron chi connectivity index (χ4n) is 5.07. The first-order valence-electron chi connectivity index (χ1n) is 9.95. The van der Waals surface area contributed by atoms with Crippen LogP contribution in [0.25, 0.3) is 10.9 Å². The minimum Gasteiger partial charge on any atom is -0.358 e. The maximum absolute atomic E-state index is 13.8. The summed E-state index contributed by atoms with van der Waals surface area (Å²) in [6.45, 7) is 0.803. The summed E-state index contributed by atoms with van der Waals surface area (Å²) in [6.07, 6.45) is 4.15. The van der Waals surface area contributed by atoms with Crippen molar-refractivity contribution in [2.45, 2.75) is 44.2 Å². The molecule has 5 rings (SSSR count). The number of hydrogen-bond donors (Lipinski definition) is 1. The zero-order valence-electron chi connectivity index (χ0n) is 15.6. The van der Waals surface area contributed by atoms with E-state index in [-0.39, 0.29) is 23.2 Å². The first-order chi connectivity index (χ1) is 13.6. The van der Waals surface area contributed by atoms with Gasteiger partial charge in [-0.1, -0.05) is 12.1 Å². The van der Waals surface area contributed by atoms with E-state index in [2.05, 4.69) is 9.88 Å². The van der Waals surface area contributed by atoms with Crippen molar-refractivity contribution in [2.75, 3.05) is 6.54 Å². The van der Waals surface area contributed by atoms with Crippen LogP contribution >= 0.6 is 0 Å². The Bertz CT molecular complexity index is 1060. The molecule has 3 nitrogen and oxygen atoms in total. The van der Waals surface area contributed by atoms with E-state index >= 15 is 0 Å². The van der Waals surface area contributed by atoms with E-state index in [1.807, 2.05) is 6.07 Å². The number of fused-ring (bicyclic) bond motifs is 6. The minimum absolute atomic E-state index is 0.141. The molecule has 28 heavy (non-hydrogen) atoms. The maximum atomic E-state index is 13.8. The molecule has 0 radical (unpaired) electrons. The molecule has 2 aliphatic rings. The average Bonchev–Trinajstić information content (AvgIpc) is 3.17.